The second kappa shape index (κ2) is 13.0. The van der Waals surface area contributed by atoms with E-state index in [1.54, 1.807) is 12.0 Å². The zero-order valence-electron chi connectivity index (χ0n) is 16.2. The van der Waals surface area contributed by atoms with Gasteiger partial charge in [0.2, 0.25) is 5.91 Å². The molecule has 0 aliphatic rings. The number of amides is 2. The average molecular weight is 422 g/mol. The van der Waals surface area contributed by atoms with Crippen molar-refractivity contribution in [1.82, 2.24) is 14.4 Å². The van der Waals surface area contributed by atoms with Crippen molar-refractivity contribution in [2.45, 2.75) is 24.7 Å². The van der Waals surface area contributed by atoms with Crippen LogP contribution in [0.25, 0.3) is 0 Å². The van der Waals surface area contributed by atoms with Crippen LogP contribution in [0, 0.1) is 0 Å². The zero-order chi connectivity index (χ0) is 20.2. The maximum atomic E-state index is 12.9. The van der Waals surface area contributed by atoms with E-state index in [1.807, 2.05) is 36.9 Å². The second-order valence-corrected chi connectivity index (χ2v) is 7.13. The Kier molecular flexibility index (Phi) is 11.4. The maximum absolute atomic E-state index is 12.9. The smallest absolute Gasteiger partial charge is 0.256 e. The Hall–Kier alpha value is -1.28. The number of ether oxygens (including phenoxy) is 2. The number of nitrogens with zero attached hydrogens (tertiary/aromatic N) is 3. The molecule has 0 radical (unpaired) electrons. The summed E-state index contributed by atoms with van der Waals surface area (Å²) in [5.41, 5.74) is 0.987. The maximum Gasteiger partial charge on any atom is 0.256 e. The van der Waals surface area contributed by atoms with E-state index >= 15 is 0 Å². The van der Waals surface area contributed by atoms with Gasteiger partial charge in [-0.25, -0.2) is 0 Å². The summed E-state index contributed by atoms with van der Waals surface area (Å²) in [4.78, 5) is 27.0. The van der Waals surface area contributed by atoms with Gasteiger partial charge in [-0.05, 0) is 25.5 Å². The summed E-state index contributed by atoms with van der Waals surface area (Å²) in [5, 5.41) is 0. The molecule has 0 saturated carbocycles. The molecule has 0 saturated heterocycles. The number of alkyl halides is 2. The van der Waals surface area contributed by atoms with Crippen molar-refractivity contribution < 1.29 is 19.1 Å². The molecule has 0 unspecified atom stereocenters. The van der Waals surface area contributed by atoms with Gasteiger partial charge in [0, 0.05) is 52.4 Å². The van der Waals surface area contributed by atoms with E-state index in [4.69, 9.17) is 32.7 Å². The molecule has 9 heteroatoms. The molecule has 0 bridgehead atoms. The van der Waals surface area contributed by atoms with Gasteiger partial charge in [0.1, 0.15) is 0 Å². The van der Waals surface area contributed by atoms with Gasteiger partial charge in [0.25, 0.3) is 5.91 Å². The molecule has 0 spiro atoms. The largest absolute Gasteiger partial charge is 0.383 e. The molecular weight excluding hydrogens is 393 g/mol. The predicted octanol–water partition coefficient (Wildman–Crippen LogP) is 2.06. The first-order valence-corrected chi connectivity index (χ1v) is 9.79. The van der Waals surface area contributed by atoms with Crippen LogP contribution in [0.15, 0.2) is 18.3 Å². The second-order valence-electron chi connectivity index (χ2n) is 6.03. The van der Waals surface area contributed by atoms with Crippen molar-refractivity contribution in [3.8, 4) is 0 Å². The minimum absolute atomic E-state index is 0.0883. The van der Waals surface area contributed by atoms with E-state index < -0.39 is 10.7 Å². The normalized spacial score (nSPS) is 11.0. The highest BCUT2D eigenvalue weighted by Crippen LogP contribution is 2.11. The molecule has 0 N–H and O–H groups in total. The highest BCUT2D eigenvalue weighted by molar-refractivity contribution is 6.53. The third-order valence-electron chi connectivity index (χ3n) is 4.07. The fourth-order valence-electron chi connectivity index (χ4n) is 2.52. The number of carbonyl (C=O) groups excluding carboxylic acids is 2. The lowest BCUT2D eigenvalue weighted by Crippen LogP contribution is -2.45. The van der Waals surface area contributed by atoms with Crippen LogP contribution < -0.4 is 0 Å². The van der Waals surface area contributed by atoms with E-state index in [0.29, 0.717) is 45.9 Å². The molecule has 0 aromatic carbocycles. The van der Waals surface area contributed by atoms with E-state index in [9.17, 15) is 9.59 Å². The third kappa shape index (κ3) is 8.51. The van der Waals surface area contributed by atoms with Crippen molar-refractivity contribution in [3.05, 3.63) is 24.0 Å². The van der Waals surface area contributed by atoms with Crippen molar-refractivity contribution in [1.29, 1.82) is 0 Å². The first-order valence-electron chi connectivity index (χ1n) is 8.92. The summed E-state index contributed by atoms with van der Waals surface area (Å²) in [5.74, 6) is -0.666. The number of aryl methyl sites for hydroxylation is 1. The first kappa shape index (κ1) is 23.8. The minimum Gasteiger partial charge on any atom is -0.383 e. The third-order valence-corrected chi connectivity index (χ3v) is 4.44. The number of aromatic nitrogens is 1. The Morgan fingerprint density at radius 2 is 1.96 bits per heavy atom. The molecule has 1 rings (SSSR count). The molecule has 0 aliphatic heterocycles. The predicted molar refractivity (Wildman–Crippen MR) is 106 cm³/mol. The standard InChI is InChI=1S/C18H29Cl2N3O4/c1-4-27-11-6-9-23(18(25)17(19)20)14-16(24)22(10-12-26-3)13-15-7-5-8-21(15)2/h5,7-8,17H,4,6,9-14H2,1-3H3. The van der Waals surface area contributed by atoms with Crippen molar-refractivity contribution >= 4 is 35.0 Å². The number of hydrogen-bond acceptors (Lipinski definition) is 4. The SMILES string of the molecule is CCOCCCN(CC(=O)N(CCOC)Cc1cccn1C)C(=O)C(Cl)Cl. The summed E-state index contributed by atoms with van der Waals surface area (Å²) in [6, 6.07) is 3.87. The fraction of sp³-hybridized carbons (Fsp3) is 0.667. The number of hydrogen-bond donors (Lipinski definition) is 0. The van der Waals surface area contributed by atoms with Crippen LogP contribution in [-0.4, -0.2) is 77.6 Å². The Labute approximate surface area is 171 Å². The van der Waals surface area contributed by atoms with Gasteiger partial charge in [-0.3, -0.25) is 9.59 Å². The number of rotatable bonds is 13. The Balaban J connectivity index is 2.78. The van der Waals surface area contributed by atoms with Gasteiger partial charge in [-0.1, -0.05) is 23.2 Å². The Morgan fingerprint density at radius 3 is 2.52 bits per heavy atom. The minimum atomic E-state index is -1.20. The van der Waals surface area contributed by atoms with E-state index in [-0.39, 0.29) is 12.5 Å². The molecule has 1 heterocycles. The van der Waals surface area contributed by atoms with Gasteiger partial charge >= 0.3 is 0 Å². The highest BCUT2D eigenvalue weighted by atomic mass is 35.5. The van der Waals surface area contributed by atoms with Crippen LogP contribution in [-0.2, 0) is 32.7 Å². The molecule has 1 aromatic heterocycles. The van der Waals surface area contributed by atoms with Crippen LogP contribution in [0.4, 0.5) is 0 Å². The summed E-state index contributed by atoms with van der Waals surface area (Å²) >= 11 is 11.5. The molecule has 154 valence electrons. The molecule has 0 aliphatic carbocycles. The molecule has 1 aromatic rings. The van der Waals surface area contributed by atoms with Crippen molar-refractivity contribution in [2.24, 2.45) is 7.05 Å². The lowest BCUT2D eigenvalue weighted by atomic mass is 10.3. The van der Waals surface area contributed by atoms with Gasteiger partial charge in [-0.2, -0.15) is 0 Å². The summed E-state index contributed by atoms with van der Waals surface area (Å²) < 4.78 is 12.4. The van der Waals surface area contributed by atoms with Crippen molar-refractivity contribution in [2.75, 3.05) is 46.6 Å². The zero-order valence-corrected chi connectivity index (χ0v) is 17.7. The average Bonchev–Trinajstić information content (AvgIpc) is 3.04. The summed E-state index contributed by atoms with van der Waals surface area (Å²) in [6.45, 7) is 4.52. The topological polar surface area (TPSA) is 64.0 Å². The number of carbonyl (C=O) groups is 2. The van der Waals surface area contributed by atoms with Gasteiger partial charge in [-0.15, -0.1) is 0 Å². The highest BCUT2D eigenvalue weighted by Gasteiger charge is 2.25. The molecule has 0 atom stereocenters. The molecule has 0 fully saturated rings. The molecule has 27 heavy (non-hydrogen) atoms. The number of halogens is 2. The van der Waals surface area contributed by atoms with Gasteiger partial charge in [0.15, 0.2) is 4.84 Å². The molecular formula is C18H29Cl2N3O4. The summed E-state index contributed by atoms with van der Waals surface area (Å²) in [6.07, 6.45) is 2.52. The van der Waals surface area contributed by atoms with Gasteiger partial charge < -0.3 is 23.8 Å². The Bertz CT molecular complexity index is 581. The van der Waals surface area contributed by atoms with Crippen LogP contribution in [0.5, 0.6) is 0 Å². The van der Waals surface area contributed by atoms with Crippen LogP contribution >= 0.6 is 23.2 Å². The Morgan fingerprint density at radius 1 is 1.22 bits per heavy atom. The van der Waals surface area contributed by atoms with Crippen LogP contribution in [0.1, 0.15) is 19.0 Å². The lowest BCUT2D eigenvalue weighted by molar-refractivity contribution is -0.140. The fourth-order valence-corrected chi connectivity index (χ4v) is 2.80. The van der Waals surface area contributed by atoms with E-state index in [2.05, 4.69) is 0 Å². The van der Waals surface area contributed by atoms with Crippen molar-refractivity contribution in [3.63, 3.8) is 0 Å². The quantitative estimate of drug-likeness (QED) is 0.361. The van der Waals surface area contributed by atoms with Gasteiger partial charge in [0.05, 0.1) is 19.7 Å². The first-order chi connectivity index (χ1) is 12.9. The monoisotopic (exact) mass is 421 g/mol. The van der Waals surface area contributed by atoms with Crippen LogP contribution in [0.3, 0.4) is 0 Å². The lowest BCUT2D eigenvalue weighted by Gasteiger charge is -2.28. The summed E-state index contributed by atoms with van der Waals surface area (Å²) in [7, 11) is 3.50. The van der Waals surface area contributed by atoms with E-state index in [1.165, 1.54) is 4.90 Å². The number of methoxy groups -OCH3 is 1. The molecule has 2 amide bonds. The molecule has 7 nitrogen and oxygen atoms in total. The van der Waals surface area contributed by atoms with Crippen LogP contribution in [0.2, 0.25) is 0 Å². The van der Waals surface area contributed by atoms with E-state index in [0.717, 1.165) is 5.69 Å².